The van der Waals surface area contributed by atoms with Crippen molar-refractivity contribution in [3.63, 3.8) is 0 Å². The first-order chi connectivity index (χ1) is 14.5. The number of rotatable bonds is 6. The monoisotopic (exact) mass is 488 g/mol. The Labute approximate surface area is 185 Å². The summed E-state index contributed by atoms with van der Waals surface area (Å²) in [5.41, 5.74) is 2.73. The van der Waals surface area contributed by atoms with Crippen molar-refractivity contribution < 1.29 is 19.4 Å². The number of aromatic nitrogens is 3. The number of para-hydroxylation sites is 1. The Morgan fingerprint density at radius 1 is 1.30 bits per heavy atom. The zero-order valence-electron chi connectivity index (χ0n) is 15.8. The average molecular weight is 489 g/mol. The molecule has 8 nitrogen and oxygen atoms in total. The van der Waals surface area contributed by atoms with E-state index in [2.05, 4.69) is 36.4 Å². The summed E-state index contributed by atoms with van der Waals surface area (Å²) in [4.78, 5) is 15.5. The van der Waals surface area contributed by atoms with Gasteiger partial charge in [0.25, 0.3) is 0 Å². The van der Waals surface area contributed by atoms with Crippen LogP contribution < -0.4 is 14.8 Å². The predicted octanol–water partition coefficient (Wildman–Crippen LogP) is 4.38. The number of hydrogen-bond acceptors (Lipinski definition) is 8. The second-order valence-corrected chi connectivity index (χ2v) is 8.38. The number of carbonyl (C=O) groups is 1. The van der Waals surface area contributed by atoms with Crippen LogP contribution in [0.2, 0.25) is 0 Å². The molecule has 1 aliphatic heterocycles. The Hall–Kier alpha value is -2.85. The van der Waals surface area contributed by atoms with E-state index < -0.39 is 18.8 Å². The molecule has 0 spiro atoms. The van der Waals surface area contributed by atoms with Crippen LogP contribution in [-0.2, 0) is 4.79 Å². The van der Waals surface area contributed by atoms with Crippen LogP contribution in [0.4, 0.5) is 5.69 Å². The number of hydrogen-bond donors (Lipinski definition) is 2. The van der Waals surface area contributed by atoms with E-state index in [1.54, 1.807) is 12.1 Å². The number of ether oxygens (including phenoxy) is 2. The number of fused-ring (bicyclic) bond motifs is 3. The van der Waals surface area contributed by atoms with Crippen LogP contribution in [0.15, 0.2) is 52.1 Å². The zero-order chi connectivity index (χ0) is 21.1. The molecule has 0 saturated carbocycles. The number of anilines is 1. The summed E-state index contributed by atoms with van der Waals surface area (Å²) in [7, 11) is 0. The molecule has 0 radical (unpaired) electrons. The molecule has 30 heavy (non-hydrogen) atoms. The van der Waals surface area contributed by atoms with Crippen molar-refractivity contribution in [1.82, 2.24) is 15.2 Å². The van der Waals surface area contributed by atoms with Gasteiger partial charge in [0, 0.05) is 15.7 Å². The summed E-state index contributed by atoms with van der Waals surface area (Å²) in [6.45, 7) is 1.55. The van der Waals surface area contributed by atoms with Gasteiger partial charge in [-0.2, -0.15) is 4.98 Å². The lowest BCUT2D eigenvalue weighted by molar-refractivity contribution is -0.139. The number of thioether (sulfide) groups is 1. The summed E-state index contributed by atoms with van der Waals surface area (Å²) in [6, 6.07) is 12.9. The normalized spacial score (nSPS) is 14.5. The minimum Gasteiger partial charge on any atom is -0.481 e. The number of carboxylic acid groups (broad SMARTS) is 1. The first kappa shape index (κ1) is 20.4. The van der Waals surface area contributed by atoms with Crippen LogP contribution in [0.3, 0.4) is 0 Å². The van der Waals surface area contributed by atoms with E-state index in [1.807, 2.05) is 37.3 Å². The highest BCUT2D eigenvalue weighted by Gasteiger charge is 2.28. The summed E-state index contributed by atoms with van der Waals surface area (Å²) >= 11 is 4.96. The van der Waals surface area contributed by atoms with Gasteiger partial charge in [0.1, 0.15) is 5.75 Å². The molecule has 10 heteroatoms. The molecule has 0 amide bonds. The lowest BCUT2D eigenvalue weighted by Gasteiger charge is -2.21. The van der Waals surface area contributed by atoms with Crippen molar-refractivity contribution in [2.24, 2.45) is 0 Å². The maximum atomic E-state index is 11.0. The third-order valence-corrected chi connectivity index (χ3v) is 5.43. The van der Waals surface area contributed by atoms with Crippen molar-refractivity contribution in [3.05, 3.63) is 52.5 Å². The molecule has 0 aliphatic carbocycles. The zero-order valence-corrected chi connectivity index (χ0v) is 18.2. The lowest BCUT2D eigenvalue weighted by Crippen LogP contribution is -2.19. The fourth-order valence-corrected chi connectivity index (χ4v) is 3.83. The minimum atomic E-state index is -1.06. The topological polar surface area (TPSA) is 106 Å². The molecule has 0 fully saturated rings. The molecule has 1 aromatic heterocycles. The molecule has 3 aromatic rings. The van der Waals surface area contributed by atoms with Gasteiger partial charge in [0.05, 0.1) is 5.56 Å². The Morgan fingerprint density at radius 2 is 2.13 bits per heavy atom. The Bertz CT molecular complexity index is 1100. The highest BCUT2D eigenvalue weighted by molar-refractivity contribution is 9.10. The summed E-state index contributed by atoms with van der Waals surface area (Å²) in [6.07, 6.45) is -0.674. The molecule has 4 rings (SSSR count). The van der Waals surface area contributed by atoms with Gasteiger partial charge in [-0.3, -0.25) is 0 Å². The molecule has 1 atom stereocenters. The fourth-order valence-electron chi connectivity index (χ4n) is 2.97. The largest absolute Gasteiger partial charge is 0.481 e. The van der Waals surface area contributed by atoms with Crippen LogP contribution in [0, 0.1) is 0 Å². The first-order valence-electron chi connectivity index (χ1n) is 9.09. The maximum Gasteiger partial charge on any atom is 0.341 e. The van der Waals surface area contributed by atoms with E-state index in [1.165, 1.54) is 11.8 Å². The van der Waals surface area contributed by atoms with E-state index in [0.29, 0.717) is 28.0 Å². The summed E-state index contributed by atoms with van der Waals surface area (Å²) in [5, 5.41) is 21.4. The van der Waals surface area contributed by atoms with Gasteiger partial charge in [-0.05, 0) is 36.1 Å². The molecule has 1 aliphatic rings. The standard InChI is InChI=1S/C20H17BrN4O4S/c1-2-30-20-23-19-17(24-25-20)13-9-11(21)7-8-14(13)22-18(29-19)12-5-3-4-6-15(12)28-10-16(26)27/h3-9,18,22H,2,10H2,1H3,(H,26,27)/t18-/m1/s1. The second kappa shape index (κ2) is 8.88. The quantitative estimate of drug-likeness (QED) is 0.488. The van der Waals surface area contributed by atoms with E-state index >= 15 is 0 Å². The first-order valence-corrected chi connectivity index (χ1v) is 10.9. The summed E-state index contributed by atoms with van der Waals surface area (Å²) < 4.78 is 12.6. The van der Waals surface area contributed by atoms with Gasteiger partial charge in [0.15, 0.2) is 12.3 Å². The Balaban J connectivity index is 1.80. The SMILES string of the molecule is CCSc1nnc2c(n1)O[C@H](c1ccccc1OCC(=O)O)Nc1ccc(Br)cc1-2. The average Bonchev–Trinajstić information content (AvgIpc) is 2.89. The van der Waals surface area contributed by atoms with E-state index in [-0.39, 0.29) is 0 Å². The molecule has 2 heterocycles. The Morgan fingerprint density at radius 3 is 2.93 bits per heavy atom. The van der Waals surface area contributed by atoms with Crippen molar-refractivity contribution >= 4 is 39.3 Å². The van der Waals surface area contributed by atoms with Crippen LogP contribution in [0.5, 0.6) is 11.6 Å². The molecule has 2 N–H and O–H groups in total. The molecule has 154 valence electrons. The molecular weight excluding hydrogens is 472 g/mol. The van der Waals surface area contributed by atoms with Gasteiger partial charge in [-0.25, -0.2) is 4.79 Å². The molecule has 2 aromatic carbocycles. The lowest BCUT2D eigenvalue weighted by atomic mass is 10.1. The number of aliphatic carboxylic acids is 1. The number of nitrogens with one attached hydrogen (secondary N) is 1. The van der Waals surface area contributed by atoms with Gasteiger partial charge in [-0.1, -0.05) is 46.7 Å². The van der Waals surface area contributed by atoms with Gasteiger partial charge in [0.2, 0.25) is 17.3 Å². The predicted molar refractivity (Wildman–Crippen MR) is 116 cm³/mol. The summed E-state index contributed by atoms with van der Waals surface area (Å²) in [5.74, 6) is 0.488. The third-order valence-electron chi connectivity index (χ3n) is 4.21. The van der Waals surface area contributed by atoms with Crippen LogP contribution in [0.1, 0.15) is 18.7 Å². The number of benzene rings is 2. The van der Waals surface area contributed by atoms with Crippen LogP contribution in [-0.4, -0.2) is 38.6 Å². The van der Waals surface area contributed by atoms with Crippen LogP contribution >= 0.6 is 27.7 Å². The van der Waals surface area contributed by atoms with E-state index in [0.717, 1.165) is 21.5 Å². The minimum absolute atomic E-state index is 0.336. The van der Waals surface area contributed by atoms with Gasteiger partial charge in [-0.15, -0.1) is 10.2 Å². The highest BCUT2D eigenvalue weighted by Crippen LogP contribution is 2.42. The molecule has 0 saturated heterocycles. The highest BCUT2D eigenvalue weighted by atomic mass is 79.9. The van der Waals surface area contributed by atoms with Crippen molar-refractivity contribution in [2.75, 3.05) is 17.7 Å². The van der Waals surface area contributed by atoms with Crippen molar-refractivity contribution in [2.45, 2.75) is 18.3 Å². The van der Waals surface area contributed by atoms with Gasteiger partial charge < -0.3 is 19.9 Å². The van der Waals surface area contributed by atoms with Crippen molar-refractivity contribution in [3.8, 4) is 22.9 Å². The second-order valence-electron chi connectivity index (χ2n) is 6.23. The van der Waals surface area contributed by atoms with Gasteiger partial charge >= 0.3 is 5.97 Å². The maximum absolute atomic E-state index is 11.0. The molecule has 0 unspecified atom stereocenters. The number of carboxylic acids is 1. The van der Waals surface area contributed by atoms with Crippen molar-refractivity contribution in [1.29, 1.82) is 0 Å². The third kappa shape index (κ3) is 4.34. The number of halogens is 1. The van der Waals surface area contributed by atoms with E-state index in [9.17, 15) is 4.79 Å². The smallest absolute Gasteiger partial charge is 0.341 e. The van der Waals surface area contributed by atoms with E-state index in [4.69, 9.17) is 14.6 Å². The molecule has 0 bridgehead atoms. The Kier molecular flexibility index (Phi) is 6.05. The van der Waals surface area contributed by atoms with Crippen LogP contribution in [0.25, 0.3) is 11.3 Å². The number of nitrogens with zero attached hydrogens (tertiary/aromatic N) is 3. The fraction of sp³-hybridized carbons (Fsp3) is 0.200. The molecular formula is C20H17BrN4O4S.